The number of nitro benzene ring substituents is 1. The van der Waals surface area contributed by atoms with Crippen molar-refractivity contribution in [2.24, 2.45) is 11.3 Å². The van der Waals surface area contributed by atoms with Crippen LogP contribution in [0.3, 0.4) is 0 Å². The molecule has 37 heavy (non-hydrogen) atoms. The molecule has 2 heterocycles. The number of nitrogens with one attached hydrogen (secondary N) is 1. The summed E-state index contributed by atoms with van der Waals surface area (Å²) in [6, 6.07) is 7.32. The molecule has 2 atom stereocenters. The van der Waals surface area contributed by atoms with Crippen LogP contribution in [0.25, 0.3) is 10.9 Å². The molecule has 1 aliphatic heterocycles. The van der Waals surface area contributed by atoms with E-state index in [0.717, 1.165) is 6.42 Å². The number of fused-ring (bicyclic) bond motifs is 2. The van der Waals surface area contributed by atoms with Gasteiger partial charge >= 0.3 is 6.09 Å². The Morgan fingerprint density at radius 2 is 2.14 bits per heavy atom. The quantitative estimate of drug-likeness (QED) is 0.267. The van der Waals surface area contributed by atoms with Crippen LogP contribution in [0.1, 0.15) is 32.8 Å². The van der Waals surface area contributed by atoms with Gasteiger partial charge in [0.1, 0.15) is 23.3 Å². The third-order valence-corrected chi connectivity index (χ3v) is 6.69. The van der Waals surface area contributed by atoms with Gasteiger partial charge < -0.3 is 15.0 Å². The standard InChI is InChI=1S/C26H23ClFN5O4/c1-25(2,3)37-24(34)32-12-16-11-26(16,13-32)8-7-15-9-20-17(10-21(15)33(35)36)23(30-14-29-20)31-19-6-4-5-18(27)22(19)28/h4-6,9-10,14,16H,11-13H2,1-3H3,(H,29,30,31)/t16-,26+/m1/s1. The smallest absolute Gasteiger partial charge is 0.410 e. The molecular weight excluding hydrogens is 501 g/mol. The van der Waals surface area contributed by atoms with Gasteiger partial charge in [-0.15, -0.1) is 0 Å². The number of halogens is 2. The van der Waals surface area contributed by atoms with Crippen LogP contribution in [-0.2, 0) is 4.74 Å². The highest BCUT2D eigenvalue weighted by Gasteiger charge is 2.60. The van der Waals surface area contributed by atoms with E-state index in [1.165, 1.54) is 30.6 Å². The summed E-state index contributed by atoms with van der Waals surface area (Å²) in [7, 11) is 0. The maximum absolute atomic E-state index is 14.4. The molecule has 2 fully saturated rings. The predicted molar refractivity (Wildman–Crippen MR) is 136 cm³/mol. The van der Waals surface area contributed by atoms with Gasteiger partial charge in [0.25, 0.3) is 5.69 Å². The molecular formula is C26H23ClFN5O4. The minimum Gasteiger partial charge on any atom is -0.444 e. The van der Waals surface area contributed by atoms with E-state index in [0.29, 0.717) is 24.0 Å². The molecule has 0 spiro atoms. The van der Waals surface area contributed by atoms with Crippen LogP contribution in [0.15, 0.2) is 36.7 Å². The van der Waals surface area contributed by atoms with Crippen LogP contribution >= 0.6 is 11.6 Å². The van der Waals surface area contributed by atoms with Gasteiger partial charge in [-0.2, -0.15) is 0 Å². The van der Waals surface area contributed by atoms with Crippen molar-refractivity contribution in [1.29, 1.82) is 0 Å². The Hall–Kier alpha value is -3.97. The second kappa shape index (κ2) is 8.85. The van der Waals surface area contributed by atoms with Gasteiger partial charge in [-0.05, 0) is 51.3 Å². The summed E-state index contributed by atoms with van der Waals surface area (Å²) < 4.78 is 19.9. The minimum atomic E-state index is -0.664. The van der Waals surface area contributed by atoms with E-state index in [9.17, 15) is 19.3 Å². The van der Waals surface area contributed by atoms with Gasteiger partial charge in [-0.25, -0.2) is 19.2 Å². The number of nitrogens with zero attached hydrogens (tertiary/aromatic N) is 4. The van der Waals surface area contributed by atoms with E-state index in [-0.39, 0.29) is 39.8 Å². The number of piperidine rings is 1. The molecule has 3 aromatic rings. The number of likely N-dealkylation sites (tertiary alicyclic amines) is 1. The molecule has 2 aromatic carbocycles. The summed E-state index contributed by atoms with van der Waals surface area (Å²) in [6.45, 7) is 6.40. The van der Waals surface area contributed by atoms with Crippen LogP contribution in [-0.4, -0.2) is 44.6 Å². The average Bonchev–Trinajstić information content (AvgIpc) is 3.38. The molecule has 1 aliphatic carbocycles. The molecule has 0 bridgehead atoms. The summed E-state index contributed by atoms with van der Waals surface area (Å²) in [5.74, 6) is 5.91. The lowest BCUT2D eigenvalue weighted by Crippen LogP contribution is -2.37. The largest absolute Gasteiger partial charge is 0.444 e. The number of anilines is 2. The number of benzene rings is 2. The molecule has 1 amide bonds. The number of amides is 1. The summed E-state index contributed by atoms with van der Waals surface area (Å²) in [4.78, 5) is 33.9. The molecule has 2 aliphatic rings. The Labute approximate surface area is 217 Å². The first-order valence-corrected chi connectivity index (χ1v) is 12.0. The van der Waals surface area contributed by atoms with Gasteiger partial charge in [-0.1, -0.05) is 29.5 Å². The van der Waals surface area contributed by atoms with Crippen molar-refractivity contribution < 1.29 is 18.8 Å². The zero-order chi connectivity index (χ0) is 26.5. The Morgan fingerprint density at radius 3 is 2.86 bits per heavy atom. The molecule has 1 saturated carbocycles. The van der Waals surface area contributed by atoms with E-state index in [2.05, 4.69) is 27.1 Å². The Balaban J connectivity index is 1.45. The monoisotopic (exact) mass is 523 g/mol. The zero-order valence-corrected chi connectivity index (χ0v) is 21.1. The van der Waals surface area contributed by atoms with E-state index in [1.807, 2.05) is 20.8 Å². The maximum Gasteiger partial charge on any atom is 0.410 e. The van der Waals surface area contributed by atoms with Crippen LogP contribution in [0.2, 0.25) is 5.02 Å². The first kappa shape index (κ1) is 24.7. The second-order valence-corrected chi connectivity index (χ2v) is 10.7. The number of aromatic nitrogens is 2. The Kier molecular flexibility index (Phi) is 5.91. The summed E-state index contributed by atoms with van der Waals surface area (Å²) in [5.41, 5.74) is -0.535. The third kappa shape index (κ3) is 4.87. The summed E-state index contributed by atoms with van der Waals surface area (Å²) >= 11 is 5.86. The number of nitro groups is 1. The van der Waals surface area contributed by atoms with E-state index >= 15 is 0 Å². The highest BCUT2D eigenvalue weighted by atomic mass is 35.5. The molecule has 1 aromatic heterocycles. The number of ether oxygens (including phenoxy) is 1. The molecule has 11 heteroatoms. The topological polar surface area (TPSA) is 110 Å². The van der Waals surface area contributed by atoms with Crippen LogP contribution in [0.5, 0.6) is 0 Å². The molecule has 1 N–H and O–H groups in total. The average molecular weight is 524 g/mol. The second-order valence-electron chi connectivity index (χ2n) is 10.3. The lowest BCUT2D eigenvalue weighted by atomic mass is 10.0. The number of rotatable bonds is 3. The van der Waals surface area contributed by atoms with Gasteiger partial charge in [0.05, 0.1) is 26.6 Å². The van der Waals surface area contributed by atoms with E-state index in [1.54, 1.807) is 11.0 Å². The van der Waals surface area contributed by atoms with Crippen molar-refractivity contribution >= 4 is 45.8 Å². The van der Waals surface area contributed by atoms with Gasteiger partial charge in [-0.3, -0.25) is 10.1 Å². The molecule has 0 unspecified atom stereocenters. The molecule has 0 radical (unpaired) electrons. The Morgan fingerprint density at radius 1 is 1.35 bits per heavy atom. The van der Waals surface area contributed by atoms with Gasteiger partial charge in [0.2, 0.25) is 0 Å². The molecule has 9 nitrogen and oxygen atoms in total. The fourth-order valence-corrected chi connectivity index (χ4v) is 4.68. The van der Waals surface area contributed by atoms with E-state index < -0.39 is 21.8 Å². The molecule has 1 saturated heterocycles. The number of carbonyl (C=O) groups excluding carboxylic acids is 1. The lowest BCUT2D eigenvalue weighted by Gasteiger charge is -2.25. The van der Waals surface area contributed by atoms with Crippen molar-refractivity contribution in [2.45, 2.75) is 32.8 Å². The SMILES string of the molecule is CC(C)(C)OC(=O)N1C[C@H]2C[C@@]2(C#Cc2cc3ncnc(Nc4cccc(Cl)c4F)c3cc2[N+](=O)[O-])C1. The number of hydrogen-bond acceptors (Lipinski definition) is 7. The molecule has 190 valence electrons. The normalized spacial score (nSPS) is 20.1. The Bertz CT molecular complexity index is 1510. The van der Waals surface area contributed by atoms with Crippen molar-refractivity contribution in [1.82, 2.24) is 14.9 Å². The number of hydrogen-bond donors (Lipinski definition) is 1. The van der Waals surface area contributed by atoms with Crippen molar-refractivity contribution in [3.8, 4) is 11.8 Å². The van der Waals surface area contributed by atoms with Crippen molar-refractivity contribution in [2.75, 3.05) is 18.4 Å². The number of carbonyl (C=O) groups is 1. The van der Waals surface area contributed by atoms with Crippen LogP contribution < -0.4 is 5.32 Å². The minimum absolute atomic E-state index is 0.0678. The van der Waals surface area contributed by atoms with Crippen molar-refractivity contribution in [3.05, 3.63) is 63.2 Å². The first-order chi connectivity index (χ1) is 17.5. The fourth-order valence-electron chi connectivity index (χ4n) is 4.51. The fraction of sp³-hybridized carbons (Fsp3) is 0.346. The van der Waals surface area contributed by atoms with Gasteiger partial charge in [0, 0.05) is 24.5 Å². The zero-order valence-electron chi connectivity index (χ0n) is 20.3. The summed E-state index contributed by atoms with van der Waals surface area (Å²) in [6.07, 6.45) is 1.72. The van der Waals surface area contributed by atoms with Gasteiger partial charge in [0.15, 0.2) is 5.82 Å². The highest BCUT2D eigenvalue weighted by molar-refractivity contribution is 6.31. The highest BCUT2D eigenvalue weighted by Crippen LogP contribution is 2.57. The van der Waals surface area contributed by atoms with Crippen LogP contribution in [0, 0.1) is 39.1 Å². The third-order valence-electron chi connectivity index (χ3n) is 6.40. The summed E-state index contributed by atoms with van der Waals surface area (Å²) in [5, 5.41) is 15.0. The molecule has 5 rings (SSSR count). The van der Waals surface area contributed by atoms with Crippen molar-refractivity contribution in [3.63, 3.8) is 0 Å². The predicted octanol–water partition coefficient (Wildman–Crippen LogP) is 5.68. The van der Waals surface area contributed by atoms with E-state index in [4.69, 9.17) is 16.3 Å². The maximum atomic E-state index is 14.4. The van der Waals surface area contributed by atoms with Crippen LogP contribution in [0.4, 0.5) is 26.4 Å². The first-order valence-electron chi connectivity index (χ1n) is 11.6. The lowest BCUT2D eigenvalue weighted by molar-refractivity contribution is -0.385.